The molecule has 1 spiro atoms. The smallest absolute Gasteiger partial charge is 0.312 e. The van der Waals surface area contributed by atoms with Gasteiger partial charge in [0.15, 0.2) is 0 Å². The summed E-state index contributed by atoms with van der Waals surface area (Å²) in [5, 5.41) is 0. The standard InChI is InChI=1S/C23H31NO4/c1-3-28-21(26)23(15-17-5-7-18(27-2)8-6-17)11-13-24(14-12-23)20(25)19-16-22(19)9-4-10-22/h5-8,19H,3-4,9-16H2,1-2H3/t19-/m1/s1. The summed E-state index contributed by atoms with van der Waals surface area (Å²) >= 11 is 0. The first kappa shape index (κ1) is 19.3. The maximum absolute atomic E-state index is 12.9. The van der Waals surface area contributed by atoms with Gasteiger partial charge in [-0.05, 0) is 68.6 Å². The fraction of sp³-hybridized carbons (Fsp3) is 0.652. The maximum atomic E-state index is 12.9. The number of hydrogen-bond acceptors (Lipinski definition) is 4. The lowest BCUT2D eigenvalue weighted by molar-refractivity contribution is -0.160. The number of carbonyl (C=O) groups is 2. The molecule has 3 aliphatic rings. The fourth-order valence-electron chi connectivity index (χ4n) is 5.13. The minimum Gasteiger partial charge on any atom is -0.497 e. The zero-order valence-electron chi connectivity index (χ0n) is 17.0. The van der Waals surface area contributed by atoms with Crippen LogP contribution in [0.5, 0.6) is 5.75 Å². The van der Waals surface area contributed by atoms with Gasteiger partial charge in [0.25, 0.3) is 0 Å². The lowest BCUT2D eigenvalue weighted by atomic mass is 9.73. The topological polar surface area (TPSA) is 55.8 Å². The molecule has 2 aliphatic carbocycles. The molecule has 0 N–H and O–H groups in total. The minimum atomic E-state index is -0.543. The number of hydrogen-bond donors (Lipinski definition) is 0. The van der Waals surface area contributed by atoms with Gasteiger partial charge >= 0.3 is 5.97 Å². The molecule has 0 bridgehead atoms. The van der Waals surface area contributed by atoms with Crippen LogP contribution in [0.4, 0.5) is 0 Å². The van der Waals surface area contributed by atoms with Gasteiger partial charge in [-0.25, -0.2) is 0 Å². The van der Waals surface area contributed by atoms with E-state index in [9.17, 15) is 9.59 Å². The van der Waals surface area contributed by atoms with Crippen molar-refractivity contribution in [1.82, 2.24) is 4.90 Å². The van der Waals surface area contributed by atoms with E-state index in [4.69, 9.17) is 9.47 Å². The summed E-state index contributed by atoms with van der Waals surface area (Å²) in [6, 6.07) is 7.89. The number of ether oxygens (including phenoxy) is 2. The number of esters is 1. The Kier molecular flexibility index (Phi) is 5.11. The molecule has 1 atom stereocenters. The molecular formula is C23H31NO4. The van der Waals surface area contributed by atoms with Crippen LogP contribution in [-0.4, -0.2) is 43.6 Å². The maximum Gasteiger partial charge on any atom is 0.312 e. The normalized spacial score (nSPS) is 24.4. The van der Waals surface area contributed by atoms with Crippen molar-refractivity contribution in [3.05, 3.63) is 29.8 Å². The van der Waals surface area contributed by atoms with E-state index in [2.05, 4.69) is 0 Å². The van der Waals surface area contributed by atoms with Crippen molar-refractivity contribution >= 4 is 11.9 Å². The minimum absolute atomic E-state index is 0.125. The summed E-state index contributed by atoms with van der Waals surface area (Å²) in [6.07, 6.45) is 6.79. The molecular weight excluding hydrogens is 354 g/mol. The van der Waals surface area contributed by atoms with Gasteiger partial charge in [-0.3, -0.25) is 9.59 Å². The SMILES string of the molecule is CCOC(=O)C1(Cc2ccc(OC)cc2)CCN(C(=O)[C@H]2CC23CCC3)CC1. The highest BCUT2D eigenvalue weighted by atomic mass is 16.5. The molecule has 1 aromatic rings. The van der Waals surface area contributed by atoms with Crippen LogP contribution < -0.4 is 4.74 Å². The van der Waals surface area contributed by atoms with Gasteiger partial charge in [-0.15, -0.1) is 0 Å². The van der Waals surface area contributed by atoms with Crippen LogP contribution in [-0.2, 0) is 20.7 Å². The van der Waals surface area contributed by atoms with Gasteiger partial charge in [0, 0.05) is 19.0 Å². The fourth-order valence-corrected chi connectivity index (χ4v) is 5.13. The van der Waals surface area contributed by atoms with Crippen molar-refractivity contribution in [3.63, 3.8) is 0 Å². The first-order chi connectivity index (χ1) is 13.5. The molecule has 0 unspecified atom stereocenters. The molecule has 2 saturated carbocycles. The van der Waals surface area contributed by atoms with E-state index in [1.54, 1.807) is 7.11 Å². The number of methoxy groups -OCH3 is 1. The second-order valence-electron chi connectivity index (χ2n) is 8.82. The Bertz CT molecular complexity index is 729. The van der Waals surface area contributed by atoms with Crippen molar-refractivity contribution in [3.8, 4) is 5.75 Å². The van der Waals surface area contributed by atoms with E-state index >= 15 is 0 Å². The molecule has 0 radical (unpaired) electrons. The van der Waals surface area contributed by atoms with Crippen LogP contribution in [0.15, 0.2) is 24.3 Å². The number of rotatable bonds is 6. The summed E-state index contributed by atoms with van der Waals surface area (Å²) in [6.45, 7) is 3.54. The van der Waals surface area contributed by atoms with Gasteiger partial charge < -0.3 is 14.4 Å². The van der Waals surface area contributed by atoms with Crippen molar-refractivity contribution in [2.75, 3.05) is 26.8 Å². The molecule has 28 heavy (non-hydrogen) atoms. The van der Waals surface area contributed by atoms with Gasteiger partial charge in [0.1, 0.15) is 5.75 Å². The Morgan fingerprint density at radius 1 is 1.11 bits per heavy atom. The van der Waals surface area contributed by atoms with Crippen molar-refractivity contribution < 1.29 is 19.1 Å². The predicted octanol–water partition coefficient (Wildman–Crippen LogP) is 3.60. The van der Waals surface area contributed by atoms with E-state index in [0.717, 1.165) is 17.7 Å². The number of piperidine rings is 1. The average Bonchev–Trinajstić information content (AvgIpc) is 3.45. The van der Waals surface area contributed by atoms with Crippen LogP contribution in [0, 0.1) is 16.7 Å². The molecule has 1 amide bonds. The molecule has 1 heterocycles. The zero-order valence-corrected chi connectivity index (χ0v) is 17.0. The lowest BCUT2D eigenvalue weighted by Gasteiger charge is -2.40. The molecule has 5 heteroatoms. The molecule has 0 aromatic heterocycles. The average molecular weight is 386 g/mol. The van der Waals surface area contributed by atoms with Gasteiger partial charge in [0.2, 0.25) is 5.91 Å². The van der Waals surface area contributed by atoms with Gasteiger partial charge in [0.05, 0.1) is 19.1 Å². The van der Waals surface area contributed by atoms with Crippen LogP contribution in [0.25, 0.3) is 0 Å². The van der Waals surface area contributed by atoms with E-state index in [1.807, 2.05) is 36.1 Å². The second-order valence-corrected chi connectivity index (χ2v) is 8.82. The molecule has 1 aliphatic heterocycles. The zero-order chi connectivity index (χ0) is 19.8. The Hall–Kier alpha value is -2.04. The molecule has 152 valence electrons. The third kappa shape index (κ3) is 3.40. The molecule has 1 saturated heterocycles. The molecule has 5 nitrogen and oxygen atoms in total. The van der Waals surface area contributed by atoms with E-state index in [0.29, 0.717) is 50.3 Å². The third-order valence-electron chi connectivity index (χ3n) is 7.28. The number of likely N-dealkylation sites (tertiary alicyclic amines) is 1. The Morgan fingerprint density at radius 3 is 2.29 bits per heavy atom. The number of benzene rings is 1. The number of nitrogens with zero attached hydrogens (tertiary/aromatic N) is 1. The van der Waals surface area contributed by atoms with Crippen LogP contribution >= 0.6 is 0 Å². The van der Waals surface area contributed by atoms with E-state index in [1.165, 1.54) is 19.3 Å². The van der Waals surface area contributed by atoms with Gasteiger partial charge in [-0.1, -0.05) is 18.6 Å². The summed E-state index contributed by atoms with van der Waals surface area (Å²) in [5.74, 6) is 1.25. The summed E-state index contributed by atoms with van der Waals surface area (Å²) in [7, 11) is 1.65. The number of carbonyl (C=O) groups excluding carboxylic acids is 2. The molecule has 3 fully saturated rings. The van der Waals surface area contributed by atoms with Crippen LogP contribution in [0.3, 0.4) is 0 Å². The second kappa shape index (κ2) is 7.41. The Labute approximate surface area is 167 Å². The molecule has 1 aromatic carbocycles. The number of amides is 1. The quantitative estimate of drug-likeness (QED) is 0.702. The van der Waals surface area contributed by atoms with Crippen LogP contribution in [0.2, 0.25) is 0 Å². The predicted molar refractivity (Wildman–Crippen MR) is 106 cm³/mol. The van der Waals surface area contributed by atoms with Crippen molar-refractivity contribution in [1.29, 1.82) is 0 Å². The highest BCUT2D eigenvalue weighted by molar-refractivity contribution is 5.84. The summed E-state index contributed by atoms with van der Waals surface area (Å²) < 4.78 is 10.7. The van der Waals surface area contributed by atoms with E-state index in [-0.39, 0.29) is 11.9 Å². The Balaban J connectivity index is 1.43. The van der Waals surface area contributed by atoms with Crippen molar-refractivity contribution in [2.45, 2.75) is 51.9 Å². The summed E-state index contributed by atoms with van der Waals surface area (Å²) in [4.78, 5) is 27.8. The van der Waals surface area contributed by atoms with Crippen molar-refractivity contribution in [2.24, 2.45) is 16.7 Å². The lowest BCUT2D eigenvalue weighted by Crippen LogP contribution is -2.49. The highest BCUT2D eigenvalue weighted by Gasteiger charge is 2.62. The third-order valence-corrected chi connectivity index (χ3v) is 7.28. The first-order valence-electron chi connectivity index (χ1n) is 10.6. The highest BCUT2D eigenvalue weighted by Crippen LogP contribution is 2.66. The van der Waals surface area contributed by atoms with E-state index < -0.39 is 5.41 Å². The Morgan fingerprint density at radius 2 is 1.79 bits per heavy atom. The largest absolute Gasteiger partial charge is 0.497 e. The monoisotopic (exact) mass is 385 g/mol. The summed E-state index contributed by atoms with van der Waals surface area (Å²) in [5.41, 5.74) is 0.916. The first-order valence-corrected chi connectivity index (χ1v) is 10.6. The molecule has 4 rings (SSSR count). The van der Waals surface area contributed by atoms with Gasteiger partial charge in [-0.2, -0.15) is 0 Å². The van der Waals surface area contributed by atoms with Crippen LogP contribution in [0.1, 0.15) is 51.0 Å².